The summed E-state index contributed by atoms with van der Waals surface area (Å²) in [7, 11) is 0. The van der Waals surface area contributed by atoms with Crippen LogP contribution in [-0.2, 0) is 4.79 Å². The molecule has 0 saturated carbocycles. The SMILES string of the molecule is C1CCNC1.O=CN1CCCC1. The van der Waals surface area contributed by atoms with Crippen molar-refractivity contribution in [1.29, 1.82) is 0 Å². The van der Waals surface area contributed by atoms with Crippen molar-refractivity contribution in [3.63, 3.8) is 0 Å². The maximum atomic E-state index is 9.93. The van der Waals surface area contributed by atoms with E-state index in [4.69, 9.17) is 0 Å². The largest absolute Gasteiger partial charge is 0.345 e. The van der Waals surface area contributed by atoms with Gasteiger partial charge in [-0.25, -0.2) is 0 Å². The molecule has 0 unspecified atom stereocenters. The van der Waals surface area contributed by atoms with Crippen molar-refractivity contribution in [2.75, 3.05) is 26.2 Å². The fourth-order valence-corrected chi connectivity index (χ4v) is 1.47. The second-order valence-electron chi connectivity index (χ2n) is 3.31. The van der Waals surface area contributed by atoms with Gasteiger partial charge in [0.2, 0.25) is 6.41 Å². The molecule has 3 heteroatoms. The van der Waals surface area contributed by atoms with Crippen LogP contribution in [0.4, 0.5) is 0 Å². The highest BCUT2D eigenvalue weighted by atomic mass is 16.1. The van der Waals surface area contributed by atoms with E-state index in [1.165, 1.54) is 38.8 Å². The quantitative estimate of drug-likeness (QED) is 0.585. The molecule has 2 fully saturated rings. The number of rotatable bonds is 1. The van der Waals surface area contributed by atoms with Crippen molar-refractivity contribution in [2.24, 2.45) is 0 Å². The van der Waals surface area contributed by atoms with Gasteiger partial charge in [-0.05, 0) is 38.8 Å². The number of amides is 1. The number of nitrogens with zero attached hydrogens (tertiary/aromatic N) is 1. The Labute approximate surface area is 74.1 Å². The first-order chi connectivity index (χ1) is 5.93. The molecule has 2 aliphatic heterocycles. The number of carbonyl (C=O) groups excluding carboxylic acids is 1. The zero-order valence-electron chi connectivity index (χ0n) is 7.59. The average molecular weight is 170 g/mol. The molecule has 12 heavy (non-hydrogen) atoms. The molecule has 0 radical (unpaired) electrons. The first-order valence-corrected chi connectivity index (χ1v) is 4.83. The lowest BCUT2D eigenvalue weighted by Crippen LogP contribution is -2.15. The minimum absolute atomic E-state index is 0.924. The highest BCUT2D eigenvalue weighted by Crippen LogP contribution is 2.02. The number of likely N-dealkylation sites (tertiary alicyclic amines) is 1. The fraction of sp³-hybridized carbons (Fsp3) is 0.889. The Morgan fingerprint density at radius 3 is 1.83 bits per heavy atom. The summed E-state index contributed by atoms with van der Waals surface area (Å²) in [5, 5.41) is 3.22. The van der Waals surface area contributed by atoms with E-state index in [0.29, 0.717) is 0 Å². The molecule has 70 valence electrons. The van der Waals surface area contributed by atoms with Gasteiger partial charge >= 0.3 is 0 Å². The molecule has 2 rings (SSSR count). The predicted molar refractivity (Wildman–Crippen MR) is 49.0 cm³/mol. The molecule has 2 aliphatic rings. The Bertz CT molecular complexity index is 110. The zero-order chi connectivity index (χ0) is 8.65. The van der Waals surface area contributed by atoms with Crippen LogP contribution in [0.1, 0.15) is 25.7 Å². The van der Waals surface area contributed by atoms with Gasteiger partial charge in [0.05, 0.1) is 0 Å². The summed E-state index contributed by atoms with van der Waals surface area (Å²) in [6, 6.07) is 0. The van der Waals surface area contributed by atoms with Gasteiger partial charge in [0.1, 0.15) is 0 Å². The molecule has 0 aromatic carbocycles. The third-order valence-corrected chi connectivity index (χ3v) is 2.25. The average Bonchev–Trinajstić information content (AvgIpc) is 2.81. The van der Waals surface area contributed by atoms with Crippen molar-refractivity contribution < 1.29 is 4.79 Å². The van der Waals surface area contributed by atoms with Crippen LogP contribution < -0.4 is 5.32 Å². The van der Waals surface area contributed by atoms with Crippen molar-refractivity contribution in [3.05, 3.63) is 0 Å². The highest BCUT2D eigenvalue weighted by molar-refractivity contribution is 5.47. The van der Waals surface area contributed by atoms with Gasteiger partial charge in [0, 0.05) is 13.1 Å². The minimum Gasteiger partial charge on any atom is -0.345 e. The standard InChI is InChI=1S/C5H9NO.C4H9N/c7-5-6-3-1-2-4-6;1-2-4-5-3-1/h5H,1-4H2;5H,1-4H2. The summed E-state index contributed by atoms with van der Waals surface area (Å²) in [6.07, 6.45) is 6.09. The molecule has 2 saturated heterocycles. The molecule has 0 bridgehead atoms. The lowest BCUT2D eigenvalue weighted by atomic mass is 10.4. The zero-order valence-corrected chi connectivity index (χ0v) is 7.59. The van der Waals surface area contributed by atoms with Crippen LogP contribution >= 0.6 is 0 Å². The third-order valence-electron chi connectivity index (χ3n) is 2.25. The van der Waals surface area contributed by atoms with E-state index in [0.717, 1.165) is 19.5 Å². The van der Waals surface area contributed by atoms with Gasteiger partial charge in [0.15, 0.2) is 0 Å². The highest BCUT2D eigenvalue weighted by Gasteiger charge is 2.06. The number of nitrogens with one attached hydrogen (secondary N) is 1. The molecule has 0 aromatic rings. The Morgan fingerprint density at radius 1 is 1.00 bits per heavy atom. The van der Waals surface area contributed by atoms with Crippen LogP contribution in [-0.4, -0.2) is 37.5 Å². The maximum absolute atomic E-state index is 9.93. The van der Waals surface area contributed by atoms with E-state index in [-0.39, 0.29) is 0 Å². The summed E-state index contributed by atoms with van der Waals surface area (Å²) in [4.78, 5) is 11.7. The summed E-state index contributed by atoms with van der Waals surface area (Å²) < 4.78 is 0. The Morgan fingerprint density at radius 2 is 1.58 bits per heavy atom. The lowest BCUT2D eigenvalue weighted by Gasteiger charge is -2.03. The molecule has 0 atom stereocenters. The van der Waals surface area contributed by atoms with Crippen LogP contribution in [0.5, 0.6) is 0 Å². The van der Waals surface area contributed by atoms with E-state index in [1.54, 1.807) is 4.90 Å². The van der Waals surface area contributed by atoms with E-state index in [2.05, 4.69) is 5.32 Å². The van der Waals surface area contributed by atoms with Gasteiger partial charge in [0.25, 0.3) is 0 Å². The molecule has 1 N–H and O–H groups in total. The lowest BCUT2D eigenvalue weighted by molar-refractivity contribution is -0.117. The third kappa shape index (κ3) is 3.72. The van der Waals surface area contributed by atoms with Gasteiger partial charge in [-0.15, -0.1) is 0 Å². The first-order valence-electron chi connectivity index (χ1n) is 4.83. The second-order valence-corrected chi connectivity index (χ2v) is 3.31. The Kier molecular flexibility index (Phi) is 4.76. The summed E-state index contributed by atoms with van der Waals surface area (Å²) >= 11 is 0. The van der Waals surface area contributed by atoms with Crippen LogP contribution in [0.3, 0.4) is 0 Å². The minimum atomic E-state index is 0.924. The van der Waals surface area contributed by atoms with E-state index in [9.17, 15) is 4.79 Å². The van der Waals surface area contributed by atoms with Crippen LogP contribution in [0, 0.1) is 0 Å². The van der Waals surface area contributed by atoms with Crippen molar-refractivity contribution in [2.45, 2.75) is 25.7 Å². The molecular weight excluding hydrogens is 152 g/mol. The molecule has 0 spiro atoms. The molecular formula is C9H18N2O. The van der Waals surface area contributed by atoms with E-state index >= 15 is 0 Å². The van der Waals surface area contributed by atoms with Gasteiger partial charge < -0.3 is 10.2 Å². The molecule has 1 amide bonds. The Hall–Kier alpha value is -0.570. The first kappa shape index (κ1) is 9.52. The van der Waals surface area contributed by atoms with Crippen LogP contribution in [0.15, 0.2) is 0 Å². The number of hydrogen-bond acceptors (Lipinski definition) is 2. The Balaban J connectivity index is 0.000000127. The molecule has 3 nitrogen and oxygen atoms in total. The summed E-state index contributed by atoms with van der Waals surface area (Å²) in [6.45, 7) is 4.45. The van der Waals surface area contributed by atoms with Gasteiger partial charge in [-0.2, -0.15) is 0 Å². The predicted octanol–water partition coefficient (Wildman–Crippen LogP) is 0.608. The molecule has 0 aliphatic carbocycles. The molecule has 0 aromatic heterocycles. The normalized spacial score (nSPS) is 21.8. The molecule has 2 heterocycles. The smallest absolute Gasteiger partial charge is 0.209 e. The topological polar surface area (TPSA) is 32.3 Å². The maximum Gasteiger partial charge on any atom is 0.209 e. The van der Waals surface area contributed by atoms with E-state index < -0.39 is 0 Å². The van der Waals surface area contributed by atoms with Gasteiger partial charge in [-0.3, -0.25) is 4.79 Å². The van der Waals surface area contributed by atoms with Crippen molar-refractivity contribution in [1.82, 2.24) is 10.2 Å². The van der Waals surface area contributed by atoms with Crippen molar-refractivity contribution >= 4 is 6.41 Å². The van der Waals surface area contributed by atoms with Gasteiger partial charge in [-0.1, -0.05) is 0 Å². The van der Waals surface area contributed by atoms with Crippen LogP contribution in [0.2, 0.25) is 0 Å². The monoisotopic (exact) mass is 170 g/mol. The number of hydrogen-bond donors (Lipinski definition) is 1. The van der Waals surface area contributed by atoms with E-state index in [1.807, 2.05) is 0 Å². The summed E-state index contributed by atoms with van der Waals surface area (Å²) in [5.41, 5.74) is 0. The van der Waals surface area contributed by atoms with Crippen LogP contribution in [0.25, 0.3) is 0 Å². The fourth-order valence-electron chi connectivity index (χ4n) is 1.47. The number of carbonyl (C=O) groups is 1. The summed E-state index contributed by atoms with van der Waals surface area (Å²) in [5.74, 6) is 0. The second kappa shape index (κ2) is 6.00. The van der Waals surface area contributed by atoms with Crippen molar-refractivity contribution in [3.8, 4) is 0 Å².